The molecule has 9 nitrogen and oxygen atoms in total. The summed E-state index contributed by atoms with van der Waals surface area (Å²) in [5.41, 5.74) is 3.39. The lowest BCUT2D eigenvalue weighted by Gasteiger charge is -2.28. The van der Waals surface area contributed by atoms with Crippen molar-refractivity contribution < 1.29 is 27.6 Å². The highest BCUT2D eigenvalue weighted by Gasteiger charge is 2.38. The van der Waals surface area contributed by atoms with Crippen molar-refractivity contribution in [2.75, 3.05) is 6.54 Å². The van der Waals surface area contributed by atoms with Gasteiger partial charge in [-0.3, -0.25) is 9.58 Å². The number of carboxylic acid groups (broad SMARTS) is 1. The van der Waals surface area contributed by atoms with E-state index in [4.69, 9.17) is 14.4 Å². The van der Waals surface area contributed by atoms with E-state index in [2.05, 4.69) is 24.7 Å². The van der Waals surface area contributed by atoms with Crippen molar-refractivity contribution in [2.45, 2.75) is 46.2 Å². The van der Waals surface area contributed by atoms with E-state index in [1.54, 1.807) is 6.20 Å². The van der Waals surface area contributed by atoms with Crippen molar-refractivity contribution in [1.29, 1.82) is 0 Å². The van der Waals surface area contributed by atoms with Crippen LogP contribution in [-0.4, -0.2) is 53.2 Å². The van der Waals surface area contributed by atoms with Crippen molar-refractivity contribution in [3.05, 3.63) is 53.2 Å². The largest absolute Gasteiger partial charge is 0.490 e. The number of fused-ring (bicyclic) bond motifs is 1. The standard InChI is InChI=1S/C16H20N6O.C2HF3O2/c1-12-15(13(2)23-19-12)10-20-6-7-22-14(8-17-16(22)11-20)9-21-5-3-4-18-21;3-2(4,5)1(6)7/h3-5,8H,6-7,9-11H2,1-2H3;(H,6,7). The predicted molar refractivity (Wildman–Crippen MR) is 97.3 cm³/mol. The molecule has 4 heterocycles. The lowest BCUT2D eigenvalue weighted by atomic mass is 10.2. The van der Waals surface area contributed by atoms with Gasteiger partial charge < -0.3 is 14.2 Å². The van der Waals surface area contributed by atoms with Crippen LogP contribution in [0, 0.1) is 13.8 Å². The minimum atomic E-state index is -5.08. The van der Waals surface area contributed by atoms with Gasteiger partial charge in [-0.05, 0) is 19.9 Å². The molecule has 0 fully saturated rings. The summed E-state index contributed by atoms with van der Waals surface area (Å²) in [4.78, 5) is 15.9. The number of rotatable bonds is 4. The molecule has 3 aromatic heterocycles. The molecule has 1 aliphatic heterocycles. The molecule has 0 amide bonds. The Kier molecular flexibility index (Phi) is 6.25. The third-order valence-electron chi connectivity index (χ3n) is 4.71. The number of alkyl halides is 3. The molecule has 0 saturated carbocycles. The van der Waals surface area contributed by atoms with Crippen LogP contribution in [0.3, 0.4) is 0 Å². The van der Waals surface area contributed by atoms with Crippen LogP contribution in [0.4, 0.5) is 13.2 Å². The van der Waals surface area contributed by atoms with E-state index in [1.165, 1.54) is 11.3 Å². The van der Waals surface area contributed by atoms with E-state index in [-0.39, 0.29) is 0 Å². The van der Waals surface area contributed by atoms with Crippen LogP contribution >= 0.6 is 0 Å². The number of carbonyl (C=O) groups is 1. The van der Waals surface area contributed by atoms with Gasteiger partial charge in [0.25, 0.3) is 0 Å². The number of aliphatic carboxylic acids is 1. The van der Waals surface area contributed by atoms with Gasteiger partial charge in [-0.2, -0.15) is 18.3 Å². The van der Waals surface area contributed by atoms with Crippen molar-refractivity contribution in [3.8, 4) is 0 Å². The van der Waals surface area contributed by atoms with Crippen molar-refractivity contribution >= 4 is 5.97 Å². The Morgan fingerprint density at radius 3 is 2.57 bits per heavy atom. The van der Waals surface area contributed by atoms with E-state index in [0.29, 0.717) is 0 Å². The molecule has 0 aliphatic carbocycles. The van der Waals surface area contributed by atoms with E-state index in [1.807, 2.05) is 37.0 Å². The smallest absolute Gasteiger partial charge is 0.475 e. The molecule has 0 atom stereocenters. The molecule has 0 radical (unpaired) electrons. The quantitative estimate of drug-likeness (QED) is 0.683. The maximum Gasteiger partial charge on any atom is 0.490 e. The number of hydrogen-bond acceptors (Lipinski definition) is 6. The minimum absolute atomic E-state index is 0.768. The van der Waals surface area contributed by atoms with E-state index in [9.17, 15) is 13.2 Å². The Morgan fingerprint density at radius 1 is 1.27 bits per heavy atom. The molecule has 1 aliphatic rings. The van der Waals surface area contributed by atoms with E-state index >= 15 is 0 Å². The second-order valence-corrected chi connectivity index (χ2v) is 6.84. The van der Waals surface area contributed by atoms with Gasteiger partial charge >= 0.3 is 12.1 Å². The molecule has 162 valence electrons. The van der Waals surface area contributed by atoms with Crippen LogP contribution in [0.2, 0.25) is 0 Å². The summed E-state index contributed by atoms with van der Waals surface area (Å²) in [5.74, 6) is -0.728. The zero-order chi connectivity index (χ0) is 21.9. The highest BCUT2D eigenvalue weighted by Crippen LogP contribution is 2.20. The maximum atomic E-state index is 10.6. The lowest BCUT2D eigenvalue weighted by Crippen LogP contribution is -2.34. The van der Waals surface area contributed by atoms with Crippen LogP contribution in [-0.2, 0) is 31.0 Å². The van der Waals surface area contributed by atoms with Crippen LogP contribution in [0.5, 0.6) is 0 Å². The zero-order valence-electron chi connectivity index (χ0n) is 16.4. The second kappa shape index (κ2) is 8.69. The number of aryl methyl sites for hydroxylation is 2. The van der Waals surface area contributed by atoms with Gasteiger partial charge in [0.05, 0.1) is 30.7 Å². The average molecular weight is 426 g/mol. The molecule has 0 aromatic carbocycles. The molecule has 0 saturated heterocycles. The monoisotopic (exact) mass is 426 g/mol. The van der Waals surface area contributed by atoms with E-state index in [0.717, 1.165) is 50.0 Å². The molecular formula is C18H21F3N6O3. The summed E-state index contributed by atoms with van der Waals surface area (Å²) in [7, 11) is 0. The number of hydrogen-bond donors (Lipinski definition) is 1. The van der Waals surface area contributed by atoms with Gasteiger partial charge in [0.1, 0.15) is 11.6 Å². The molecular weight excluding hydrogens is 405 g/mol. The maximum absolute atomic E-state index is 10.6. The molecule has 0 bridgehead atoms. The summed E-state index contributed by atoms with van der Waals surface area (Å²) in [6, 6.07) is 1.94. The fourth-order valence-corrected chi connectivity index (χ4v) is 3.15. The molecule has 3 aromatic rings. The third kappa shape index (κ3) is 5.06. The van der Waals surface area contributed by atoms with Gasteiger partial charge in [0, 0.05) is 37.6 Å². The molecule has 12 heteroatoms. The normalized spacial score (nSPS) is 14.2. The lowest BCUT2D eigenvalue weighted by molar-refractivity contribution is -0.192. The first-order valence-electron chi connectivity index (χ1n) is 9.10. The molecule has 0 spiro atoms. The predicted octanol–water partition coefficient (Wildman–Crippen LogP) is 2.38. The van der Waals surface area contributed by atoms with Crippen LogP contribution in [0.25, 0.3) is 0 Å². The fraction of sp³-hybridized carbons (Fsp3) is 0.444. The Bertz CT molecular complexity index is 974. The first-order valence-corrected chi connectivity index (χ1v) is 9.10. The summed E-state index contributed by atoms with van der Waals surface area (Å²) in [5, 5.41) is 15.4. The number of halogens is 3. The number of carboxylic acids is 1. The first-order chi connectivity index (χ1) is 14.1. The Morgan fingerprint density at radius 2 is 2.00 bits per heavy atom. The second-order valence-electron chi connectivity index (χ2n) is 6.84. The summed E-state index contributed by atoms with van der Waals surface area (Å²) < 4.78 is 41.2. The number of nitrogens with zero attached hydrogens (tertiary/aromatic N) is 6. The SMILES string of the molecule is Cc1noc(C)c1CN1CCn2c(Cn3cccn3)cnc2C1.O=C(O)C(F)(F)F. The van der Waals surface area contributed by atoms with Crippen molar-refractivity contribution in [3.63, 3.8) is 0 Å². The van der Waals surface area contributed by atoms with Gasteiger partial charge in [-0.25, -0.2) is 9.78 Å². The Balaban J connectivity index is 0.000000318. The average Bonchev–Trinajstić information content (AvgIpc) is 3.40. The topological polar surface area (TPSA) is 102 Å². The third-order valence-corrected chi connectivity index (χ3v) is 4.71. The van der Waals surface area contributed by atoms with Crippen LogP contribution < -0.4 is 0 Å². The Labute approximate surface area is 169 Å². The minimum Gasteiger partial charge on any atom is -0.475 e. The summed E-state index contributed by atoms with van der Waals surface area (Å²) in [6.45, 7) is 8.41. The van der Waals surface area contributed by atoms with Crippen LogP contribution in [0.1, 0.15) is 28.5 Å². The molecule has 4 rings (SSSR count). The highest BCUT2D eigenvalue weighted by atomic mass is 19.4. The van der Waals surface area contributed by atoms with E-state index < -0.39 is 12.1 Å². The summed E-state index contributed by atoms with van der Waals surface area (Å²) in [6.07, 6.45) is 0.668. The highest BCUT2D eigenvalue weighted by molar-refractivity contribution is 5.73. The van der Waals surface area contributed by atoms with Gasteiger partial charge in [-0.1, -0.05) is 5.16 Å². The number of imidazole rings is 1. The van der Waals surface area contributed by atoms with Gasteiger partial charge in [0.15, 0.2) is 0 Å². The first kappa shape index (κ1) is 21.6. The van der Waals surface area contributed by atoms with Gasteiger partial charge in [0.2, 0.25) is 0 Å². The molecule has 1 N–H and O–H groups in total. The summed E-state index contributed by atoms with van der Waals surface area (Å²) >= 11 is 0. The molecule has 30 heavy (non-hydrogen) atoms. The van der Waals surface area contributed by atoms with Crippen LogP contribution in [0.15, 0.2) is 29.2 Å². The van der Waals surface area contributed by atoms with Crippen molar-refractivity contribution in [2.24, 2.45) is 0 Å². The Hall–Kier alpha value is -3.15. The molecule has 0 unspecified atom stereocenters. The fourth-order valence-electron chi connectivity index (χ4n) is 3.15. The number of aromatic nitrogens is 5. The zero-order valence-corrected chi connectivity index (χ0v) is 16.4. The van der Waals surface area contributed by atoms with Crippen molar-refractivity contribution in [1.82, 2.24) is 29.4 Å². The van der Waals surface area contributed by atoms with Gasteiger partial charge in [-0.15, -0.1) is 0 Å².